The molecule has 1 aliphatic carbocycles. The van der Waals surface area contributed by atoms with Gasteiger partial charge in [0.15, 0.2) is 5.11 Å². The molecule has 0 radical (unpaired) electrons. The molecule has 1 aromatic heterocycles. The third-order valence-electron chi connectivity index (χ3n) is 2.35. The maximum absolute atomic E-state index is 5.19. The number of aromatic nitrogens is 1. The minimum Gasteiger partial charge on any atom is -0.360 e. The topological polar surface area (TPSA) is 37.0 Å². The number of anilines is 1. The summed E-state index contributed by atoms with van der Waals surface area (Å²) in [6, 6.07) is 0.551. The number of rotatable bonds is 2. The van der Waals surface area contributed by atoms with E-state index >= 15 is 0 Å². The molecule has 0 saturated heterocycles. The number of hydrogen-bond acceptors (Lipinski definition) is 2. The van der Waals surface area contributed by atoms with Gasteiger partial charge in [0, 0.05) is 16.7 Å². The molecule has 86 valence electrons. The van der Waals surface area contributed by atoms with Crippen LogP contribution in [0.1, 0.15) is 18.4 Å². The molecular weight excluding hydrogens is 354 g/mol. The van der Waals surface area contributed by atoms with E-state index in [9.17, 15) is 0 Å². The van der Waals surface area contributed by atoms with Gasteiger partial charge in [-0.1, -0.05) is 0 Å². The van der Waals surface area contributed by atoms with Crippen LogP contribution in [0.25, 0.3) is 0 Å². The van der Waals surface area contributed by atoms with Crippen molar-refractivity contribution in [2.24, 2.45) is 0 Å². The summed E-state index contributed by atoms with van der Waals surface area (Å²) in [5.74, 6) is 0.749. The first kappa shape index (κ1) is 12.3. The van der Waals surface area contributed by atoms with Crippen LogP contribution in [0.2, 0.25) is 0 Å². The first-order valence-electron chi connectivity index (χ1n) is 4.96. The zero-order valence-corrected chi connectivity index (χ0v) is 12.7. The highest BCUT2D eigenvalue weighted by Crippen LogP contribution is 2.29. The van der Waals surface area contributed by atoms with Crippen molar-refractivity contribution in [3.05, 3.63) is 20.7 Å². The van der Waals surface area contributed by atoms with Gasteiger partial charge in [-0.15, -0.1) is 0 Å². The normalized spacial score (nSPS) is 14.7. The highest BCUT2D eigenvalue weighted by Gasteiger charge is 2.22. The molecule has 1 aliphatic rings. The van der Waals surface area contributed by atoms with Crippen molar-refractivity contribution in [3.8, 4) is 0 Å². The molecule has 0 spiro atoms. The third-order valence-corrected chi connectivity index (χ3v) is 4.34. The maximum Gasteiger partial charge on any atom is 0.172 e. The molecule has 1 heterocycles. The largest absolute Gasteiger partial charge is 0.360 e. The second-order valence-corrected chi connectivity index (χ2v) is 5.82. The molecule has 2 rings (SSSR count). The van der Waals surface area contributed by atoms with Gasteiger partial charge in [-0.25, -0.2) is 4.98 Å². The SMILES string of the molecule is Cc1c(Br)cnc(NC(=S)NC2CC2)c1Br. The summed E-state index contributed by atoms with van der Waals surface area (Å²) in [6.07, 6.45) is 4.17. The number of nitrogens with one attached hydrogen (secondary N) is 2. The monoisotopic (exact) mass is 363 g/mol. The molecule has 1 saturated carbocycles. The molecule has 3 nitrogen and oxygen atoms in total. The number of nitrogens with zero attached hydrogens (tertiary/aromatic N) is 1. The van der Waals surface area contributed by atoms with E-state index in [-0.39, 0.29) is 0 Å². The Bertz CT molecular complexity index is 432. The van der Waals surface area contributed by atoms with Crippen molar-refractivity contribution >= 4 is 55.0 Å². The summed E-state index contributed by atoms with van der Waals surface area (Å²) < 4.78 is 1.91. The van der Waals surface area contributed by atoms with Crippen molar-refractivity contribution in [2.75, 3.05) is 5.32 Å². The zero-order chi connectivity index (χ0) is 11.7. The van der Waals surface area contributed by atoms with Crippen molar-refractivity contribution in [3.63, 3.8) is 0 Å². The van der Waals surface area contributed by atoms with Gasteiger partial charge in [-0.05, 0) is 69.4 Å². The third kappa shape index (κ3) is 2.93. The lowest BCUT2D eigenvalue weighted by Gasteiger charge is -2.12. The fraction of sp³-hybridized carbons (Fsp3) is 0.400. The lowest BCUT2D eigenvalue weighted by atomic mass is 10.3. The van der Waals surface area contributed by atoms with Gasteiger partial charge >= 0.3 is 0 Å². The second kappa shape index (κ2) is 4.98. The van der Waals surface area contributed by atoms with Crippen molar-refractivity contribution < 1.29 is 0 Å². The average molecular weight is 365 g/mol. The first-order chi connectivity index (χ1) is 7.58. The van der Waals surface area contributed by atoms with Gasteiger partial charge in [0.05, 0.1) is 4.47 Å². The summed E-state index contributed by atoms with van der Waals surface area (Å²) in [5, 5.41) is 6.94. The Labute approximate surface area is 117 Å². The van der Waals surface area contributed by atoms with Gasteiger partial charge in [-0.2, -0.15) is 0 Å². The van der Waals surface area contributed by atoms with Gasteiger partial charge in [0.25, 0.3) is 0 Å². The van der Waals surface area contributed by atoms with Crippen LogP contribution in [0.15, 0.2) is 15.1 Å². The Balaban J connectivity index is 2.08. The van der Waals surface area contributed by atoms with Crippen LogP contribution >= 0.6 is 44.1 Å². The zero-order valence-electron chi connectivity index (χ0n) is 8.68. The predicted octanol–water partition coefficient (Wildman–Crippen LogP) is 3.36. The standard InChI is InChI=1S/C10H11Br2N3S/c1-5-7(11)4-13-9(8(5)12)15-10(16)14-6-2-3-6/h4,6H,2-3H2,1H3,(H2,13,14,15,16). The van der Waals surface area contributed by atoms with E-state index in [0.29, 0.717) is 11.2 Å². The minimum atomic E-state index is 0.551. The second-order valence-electron chi connectivity index (χ2n) is 3.77. The van der Waals surface area contributed by atoms with Crippen molar-refractivity contribution in [1.82, 2.24) is 10.3 Å². The smallest absolute Gasteiger partial charge is 0.172 e. The van der Waals surface area contributed by atoms with E-state index in [4.69, 9.17) is 12.2 Å². The molecule has 1 fully saturated rings. The van der Waals surface area contributed by atoms with E-state index in [1.165, 1.54) is 12.8 Å². The van der Waals surface area contributed by atoms with Gasteiger partial charge < -0.3 is 10.6 Å². The highest BCUT2D eigenvalue weighted by atomic mass is 79.9. The van der Waals surface area contributed by atoms with E-state index in [2.05, 4.69) is 47.5 Å². The highest BCUT2D eigenvalue weighted by molar-refractivity contribution is 9.11. The number of hydrogen-bond donors (Lipinski definition) is 2. The Morgan fingerprint density at radius 1 is 1.50 bits per heavy atom. The average Bonchev–Trinajstić information content (AvgIpc) is 3.03. The van der Waals surface area contributed by atoms with Crippen LogP contribution in [0.3, 0.4) is 0 Å². The molecule has 0 bridgehead atoms. The minimum absolute atomic E-state index is 0.551. The summed E-state index contributed by atoms with van der Waals surface area (Å²) >= 11 is 12.1. The van der Waals surface area contributed by atoms with Gasteiger partial charge in [-0.3, -0.25) is 0 Å². The lowest BCUT2D eigenvalue weighted by Crippen LogP contribution is -2.30. The van der Waals surface area contributed by atoms with Crippen LogP contribution in [0.5, 0.6) is 0 Å². The molecule has 0 amide bonds. The van der Waals surface area contributed by atoms with Crippen molar-refractivity contribution in [2.45, 2.75) is 25.8 Å². The molecule has 0 aromatic carbocycles. The van der Waals surface area contributed by atoms with E-state index in [1.807, 2.05) is 6.92 Å². The molecule has 16 heavy (non-hydrogen) atoms. The van der Waals surface area contributed by atoms with Crippen LogP contribution in [-0.4, -0.2) is 16.1 Å². The molecule has 1 aromatic rings. The fourth-order valence-electron chi connectivity index (χ4n) is 1.20. The van der Waals surface area contributed by atoms with Crippen LogP contribution in [0.4, 0.5) is 5.82 Å². The van der Waals surface area contributed by atoms with Crippen molar-refractivity contribution in [1.29, 1.82) is 0 Å². The number of pyridine rings is 1. The quantitative estimate of drug-likeness (QED) is 0.789. The lowest BCUT2D eigenvalue weighted by molar-refractivity contribution is 0.918. The Morgan fingerprint density at radius 2 is 2.19 bits per heavy atom. The van der Waals surface area contributed by atoms with Gasteiger partial charge in [0.2, 0.25) is 0 Å². The summed E-state index contributed by atoms with van der Waals surface area (Å²) in [6.45, 7) is 2.01. The molecule has 2 N–H and O–H groups in total. The maximum atomic E-state index is 5.19. The Hall–Kier alpha value is -0.200. The van der Waals surface area contributed by atoms with E-state index in [1.54, 1.807) is 6.20 Å². The number of halogens is 2. The van der Waals surface area contributed by atoms with E-state index < -0.39 is 0 Å². The van der Waals surface area contributed by atoms with Gasteiger partial charge in [0.1, 0.15) is 5.82 Å². The molecule has 0 atom stereocenters. The summed E-state index contributed by atoms with van der Waals surface area (Å²) in [4.78, 5) is 4.27. The number of thiocarbonyl (C=S) groups is 1. The van der Waals surface area contributed by atoms with Crippen LogP contribution in [-0.2, 0) is 0 Å². The van der Waals surface area contributed by atoms with Crippen LogP contribution < -0.4 is 10.6 Å². The Kier molecular flexibility index (Phi) is 3.81. The molecular formula is C10H11Br2N3S. The van der Waals surface area contributed by atoms with Crippen LogP contribution in [0, 0.1) is 6.92 Å². The summed E-state index contributed by atoms with van der Waals surface area (Å²) in [7, 11) is 0. The van der Waals surface area contributed by atoms with E-state index in [0.717, 1.165) is 20.3 Å². The summed E-state index contributed by atoms with van der Waals surface area (Å²) in [5.41, 5.74) is 1.10. The molecule has 6 heteroatoms. The first-order valence-corrected chi connectivity index (χ1v) is 6.95. The predicted molar refractivity (Wildman–Crippen MR) is 76.8 cm³/mol. The molecule has 0 unspecified atom stereocenters. The fourth-order valence-corrected chi connectivity index (χ4v) is 2.45. The molecule has 0 aliphatic heterocycles. The Morgan fingerprint density at radius 3 is 2.81 bits per heavy atom.